The Morgan fingerprint density at radius 3 is 2.84 bits per heavy atom. The van der Waals surface area contributed by atoms with Gasteiger partial charge in [0.15, 0.2) is 0 Å². The molecule has 1 N–H and O–H groups in total. The Kier molecular flexibility index (Phi) is 4.95. The lowest BCUT2D eigenvalue weighted by Gasteiger charge is -2.16. The highest BCUT2D eigenvalue weighted by molar-refractivity contribution is 7.17. The summed E-state index contributed by atoms with van der Waals surface area (Å²) in [6.45, 7) is 4.22. The van der Waals surface area contributed by atoms with E-state index in [0.717, 1.165) is 0 Å². The van der Waals surface area contributed by atoms with Gasteiger partial charge in [0.1, 0.15) is 22.9 Å². The molecule has 0 spiro atoms. The zero-order valence-corrected chi connectivity index (χ0v) is 14.5. The molecular formula is C18H17N3O3S. The van der Waals surface area contributed by atoms with Crippen LogP contribution in [0.5, 0.6) is 5.75 Å². The summed E-state index contributed by atoms with van der Waals surface area (Å²) in [4.78, 5) is 33.1. The average Bonchev–Trinajstić information content (AvgIpc) is 3.09. The van der Waals surface area contributed by atoms with Gasteiger partial charge in [-0.05, 0) is 35.7 Å². The van der Waals surface area contributed by atoms with Crippen LogP contribution < -0.4 is 10.3 Å². The van der Waals surface area contributed by atoms with Crippen LogP contribution in [0.4, 0.5) is 0 Å². The van der Waals surface area contributed by atoms with E-state index in [1.54, 1.807) is 43.5 Å². The molecule has 1 amide bonds. The Labute approximate surface area is 148 Å². The Morgan fingerprint density at radius 2 is 2.12 bits per heavy atom. The van der Waals surface area contributed by atoms with Gasteiger partial charge in [-0.3, -0.25) is 9.59 Å². The molecule has 3 aromatic rings. The summed E-state index contributed by atoms with van der Waals surface area (Å²) in [5.41, 5.74) is 1.00. The van der Waals surface area contributed by atoms with E-state index < -0.39 is 0 Å². The standard InChI is InChI=1S/C18H17N3O3S/c1-3-9-24-13-6-4-12(5-7-13)18(23)21(2)11-15-19-14-8-10-25-16(14)17(22)20-15/h3-8,10H,1,9,11H2,2H3,(H,19,20,22). The highest BCUT2D eigenvalue weighted by atomic mass is 32.1. The van der Waals surface area contributed by atoms with Gasteiger partial charge in [-0.1, -0.05) is 12.7 Å². The van der Waals surface area contributed by atoms with Crippen LogP contribution in [0.2, 0.25) is 0 Å². The molecular weight excluding hydrogens is 338 g/mol. The summed E-state index contributed by atoms with van der Waals surface area (Å²) in [5, 5.41) is 1.82. The Morgan fingerprint density at radius 1 is 1.36 bits per heavy atom. The lowest BCUT2D eigenvalue weighted by Crippen LogP contribution is -2.28. The normalized spacial score (nSPS) is 10.6. The number of ether oxygens (including phenoxy) is 1. The predicted molar refractivity (Wildman–Crippen MR) is 98.2 cm³/mol. The number of amides is 1. The third kappa shape index (κ3) is 3.77. The van der Waals surface area contributed by atoms with Gasteiger partial charge in [-0.15, -0.1) is 11.3 Å². The summed E-state index contributed by atoms with van der Waals surface area (Å²) in [7, 11) is 1.67. The molecule has 0 aliphatic carbocycles. The summed E-state index contributed by atoms with van der Waals surface area (Å²) in [6, 6.07) is 8.68. The van der Waals surface area contributed by atoms with Crippen LogP contribution in [0.1, 0.15) is 16.2 Å². The van der Waals surface area contributed by atoms with Crippen molar-refractivity contribution >= 4 is 27.5 Å². The van der Waals surface area contributed by atoms with Gasteiger partial charge in [0, 0.05) is 12.6 Å². The average molecular weight is 355 g/mol. The lowest BCUT2D eigenvalue weighted by molar-refractivity contribution is 0.0781. The van der Waals surface area contributed by atoms with E-state index in [9.17, 15) is 9.59 Å². The van der Waals surface area contributed by atoms with E-state index in [-0.39, 0.29) is 18.0 Å². The number of carbonyl (C=O) groups is 1. The predicted octanol–water partition coefficient (Wildman–Crippen LogP) is 2.82. The van der Waals surface area contributed by atoms with Crippen molar-refractivity contribution in [3.05, 3.63) is 70.1 Å². The Balaban J connectivity index is 1.73. The maximum atomic E-state index is 12.5. The molecule has 1 aromatic carbocycles. The third-order valence-corrected chi connectivity index (χ3v) is 4.47. The zero-order valence-electron chi connectivity index (χ0n) is 13.7. The van der Waals surface area contributed by atoms with E-state index in [2.05, 4.69) is 16.5 Å². The van der Waals surface area contributed by atoms with Crippen molar-refractivity contribution in [2.24, 2.45) is 0 Å². The number of hydrogen-bond donors (Lipinski definition) is 1. The summed E-state index contributed by atoms with van der Waals surface area (Å²) >= 11 is 1.35. The zero-order chi connectivity index (χ0) is 17.8. The largest absolute Gasteiger partial charge is 0.490 e. The van der Waals surface area contributed by atoms with Crippen molar-refractivity contribution in [3.63, 3.8) is 0 Å². The highest BCUT2D eigenvalue weighted by Gasteiger charge is 2.14. The number of benzene rings is 1. The lowest BCUT2D eigenvalue weighted by atomic mass is 10.2. The first-order chi connectivity index (χ1) is 12.1. The van der Waals surface area contributed by atoms with Crippen molar-refractivity contribution in [1.29, 1.82) is 0 Å². The quantitative estimate of drug-likeness (QED) is 0.690. The third-order valence-electron chi connectivity index (χ3n) is 3.57. The number of nitrogens with one attached hydrogen (secondary N) is 1. The second-order valence-electron chi connectivity index (χ2n) is 5.43. The minimum absolute atomic E-state index is 0.164. The first kappa shape index (κ1) is 16.9. The first-order valence-electron chi connectivity index (χ1n) is 7.64. The van der Waals surface area contributed by atoms with Crippen molar-refractivity contribution in [3.8, 4) is 5.75 Å². The van der Waals surface area contributed by atoms with Gasteiger partial charge < -0.3 is 14.6 Å². The van der Waals surface area contributed by atoms with Gasteiger partial charge in [0.25, 0.3) is 11.5 Å². The minimum Gasteiger partial charge on any atom is -0.490 e. The minimum atomic E-state index is -0.181. The molecule has 3 rings (SSSR count). The van der Waals surface area contributed by atoms with Gasteiger partial charge >= 0.3 is 0 Å². The smallest absolute Gasteiger partial charge is 0.268 e. The molecule has 0 aliphatic rings. The molecule has 0 fully saturated rings. The summed E-state index contributed by atoms with van der Waals surface area (Å²) in [6.07, 6.45) is 1.66. The van der Waals surface area contributed by atoms with Gasteiger partial charge in [0.2, 0.25) is 0 Å². The second-order valence-corrected chi connectivity index (χ2v) is 6.35. The number of hydrogen-bond acceptors (Lipinski definition) is 5. The molecule has 0 bridgehead atoms. The van der Waals surface area contributed by atoms with Crippen LogP contribution in [-0.4, -0.2) is 34.4 Å². The second kappa shape index (κ2) is 7.31. The van der Waals surface area contributed by atoms with E-state index >= 15 is 0 Å². The van der Waals surface area contributed by atoms with Crippen molar-refractivity contribution in [2.45, 2.75) is 6.54 Å². The van der Waals surface area contributed by atoms with Crippen molar-refractivity contribution in [1.82, 2.24) is 14.9 Å². The molecule has 25 heavy (non-hydrogen) atoms. The summed E-state index contributed by atoms with van der Waals surface area (Å²) < 4.78 is 5.99. The molecule has 2 aromatic heterocycles. The Hall–Kier alpha value is -2.93. The van der Waals surface area contributed by atoms with Crippen LogP contribution >= 0.6 is 11.3 Å². The molecule has 7 heteroatoms. The number of H-pyrrole nitrogens is 1. The highest BCUT2D eigenvalue weighted by Crippen LogP contribution is 2.16. The summed E-state index contributed by atoms with van der Waals surface area (Å²) in [5.74, 6) is 0.967. The van der Waals surface area contributed by atoms with Crippen LogP contribution in [0.25, 0.3) is 10.2 Å². The van der Waals surface area contributed by atoms with Crippen LogP contribution in [0, 0.1) is 0 Å². The fraction of sp³-hybridized carbons (Fsp3) is 0.167. The number of aromatic nitrogens is 2. The van der Waals surface area contributed by atoms with Gasteiger partial charge in [0.05, 0.1) is 12.1 Å². The maximum absolute atomic E-state index is 12.5. The number of aromatic amines is 1. The molecule has 6 nitrogen and oxygen atoms in total. The topological polar surface area (TPSA) is 75.3 Å². The Bertz CT molecular complexity index is 960. The molecule has 2 heterocycles. The molecule has 0 atom stereocenters. The van der Waals surface area contributed by atoms with E-state index in [1.165, 1.54) is 16.2 Å². The molecule has 0 aliphatic heterocycles. The van der Waals surface area contributed by atoms with Crippen LogP contribution in [0.3, 0.4) is 0 Å². The monoisotopic (exact) mass is 355 g/mol. The number of fused-ring (bicyclic) bond motifs is 1. The molecule has 0 saturated heterocycles. The molecule has 0 unspecified atom stereocenters. The van der Waals surface area contributed by atoms with Crippen molar-refractivity contribution in [2.75, 3.05) is 13.7 Å². The van der Waals surface area contributed by atoms with E-state index in [1.807, 2.05) is 5.38 Å². The fourth-order valence-electron chi connectivity index (χ4n) is 2.36. The van der Waals surface area contributed by atoms with Crippen LogP contribution in [0.15, 0.2) is 53.2 Å². The van der Waals surface area contributed by atoms with Crippen LogP contribution in [-0.2, 0) is 6.54 Å². The maximum Gasteiger partial charge on any atom is 0.268 e. The molecule has 0 saturated carbocycles. The van der Waals surface area contributed by atoms with E-state index in [0.29, 0.717) is 34.0 Å². The molecule has 128 valence electrons. The number of rotatable bonds is 6. The number of nitrogens with zero attached hydrogens (tertiary/aromatic N) is 2. The number of thiophene rings is 1. The van der Waals surface area contributed by atoms with Crippen molar-refractivity contribution < 1.29 is 9.53 Å². The van der Waals surface area contributed by atoms with E-state index in [4.69, 9.17) is 4.74 Å². The number of carbonyl (C=O) groups excluding carboxylic acids is 1. The SMILES string of the molecule is C=CCOc1ccc(C(=O)N(C)Cc2nc3ccsc3c(=O)[nH]2)cc1. The fourth-order valence-corrected chi connectivity index (χ4v) is 3.09. The first-order valence-corrected chi connectivity index (χ1v) is 8.52. The van der Waals surface area contributed by atoms with Gasteiger partial charge in [-0.2, -0.15) is 0 Å². The molecule has 0 radical (unpaired) electrons. The van der Waals surface area contributed by atoms with Gasteiger partial charge in [-0.25, -0.2) is 4.98 Å².